The zero-order chi connectivity index (χ0) is 15.2. The molecule has 0 aliphatic carbocycles. The van der Waals surface area contributed by atoms with Gasteiger partial charge in [-0.25, -0.2) is 8.78 Å². The molecule has 0 nitrogen and oxygen atoms in total. The third kappa shape index (κ3) is 3.90. The first-order chi connectivity index (χ1) is 10.2. The van der Waals surface area contributed by atoms with Gasteiger partial charge in [0.05, 0.1) is 0 Å². The van der Waals surface area contributed by atoms with E-state index < -0.39 is 11.6 Å². The quantitative estimate of drug-likeness (QED) is 0.679. The van der Waals surface area contributed by atoms with Crippen LogP contribution in [-0.4, -0.2) is 0 Å². The fourth-order valence-corrected chi connectivity index (χ4v) is 2.51. The molecule has 0 unspecified atom stereocenters. The molecule has 2 aromatic rings. The molecule has 0 aliphatic heterocycles. The van der Waals surface area contributed by atoms with Gasteiger partial charge in [-0.3, -0.25) is 0 Å². The van der Waals surface area contributed by atoms with Crippen LogP contribution in [-0.2, 0) is 25.7 Å². The van der Waals surface area contributed by atoms with E-state index in [-0.39, 0.29) is 0 Å². The van der Waals surface area contributed by atoms with Gasteiger partial charge in [-0.2, -0.15) is 0 Å². The molecule has 0 spiro atoms. The normalized spacial score (nSPS) is 10.9. The molecular weight excluding hydrogens is 266 g/mol. The molecule has 112 valence electrons. The lowest BCUT2D eigenvalue weighted by Crippen LogP contribution is -2.01. The number of aryl methyl sites for hydroxylation is 4. The Kier molecular flexibility index (Phi) is 5.49. The van der Waals surface area contributed by atoms with Crippen molar-refractivity contribution in [3.8, 4) is 0 Å². The van der Waals surface area contributed by atoms with Crippen LogP contribution in [0, 0.1) is 11.6 Å². The van der Waals surface area contributed by atoms with Gasteiger partial charge in [0.2, 0.25) is 0 Å². The first-order valence-corrected chi connectivity index (χ1v) is 7.69. The van der Waals surface area contributed by atoms with Crippen molar-refractivity contribution in [1.29, 1.82) is 0 Å². The molecule has 0 amide bonds. The molecule has 0 saturated heterocycles. The lowest BCUT2D eigenvalue weighted by molar-refractivity contribution is 0.488. The van der Waals surface area contributed by atoms with Crippen LogP contribution in [0.15, 0.2) is 36.4 Å². The van der Waals surface area contributed by atoms with Gasteiger partial charge in [0.15, 0.2) is 11.6 Å². The molecule has 2 heteroatoms. The molecular formula is C19H22F2. The largest absolute Gasteiger partial charge is 0.203 e. The molecule has 0 fully saturated rings. The SMILES string of the molecule is CCCc1ccc(CCc2ccc(CC)cc2)c(F)c1F. The Hall–Kier alpha value is -1.70. The third-order valence-corrected chi connectivity index (χ3v) is 3.88. The van der Waals surface area contributed by atoms with E-state index in [1.807, 2.05) is 6.92 Å². The first-order valence-electron chi connectivity index (χ1n) is 7.69. The van der Waals surface area contributed by atoms with Crippen molar-refractivity contribution in [2.45, 2.75) is 46.0 Å². The van der Waals surface area contributed by atoms with E-state index in [4.69, 9.17) is 0 Å². The highest BCUT2D eigenvalue weighted by Gasteiger charge is 2.12. The van der Waals surface area contributed by atoms with Crippen LogP contribution in [0.3, 0.4) is 0 Å². The zero-order valence-electron chi connectivity index (χ0n) is 12.8. The number of hydrogen-bond donors (Lipinski definition) is 0. The van der Waals surface area contributed by atoms with E-state index in [9.17, 15) is 8.78 Å². The van der Waals surface area contributed by atoms with Crippen LogP contribution in [0.1, 0.15) is 42.5 Å². The van der Waals surface area contributed by atoms with Crippen LogP contribution in [0.2, 0.25) is 0 Å². The number of rotatable bonds is 6. The van der Waals surface area contributed by atoms with Crippen molar-refractivity contribution in [2.75, 3.05) is 0 Å². The monoisotopic (exact) mass is 288 g/mol. The van der Waals surface area contributed by atoms with Crippen molar-refractivity contribution < 1.29 is 8.78 Å². The minimum absolute atomic E-state index is 0.465. The van der Waals surface area contributed by atoms with Crippen molar-refractivity contribution in [3.63, 3.8) is 0 Å². The van der Waals surface area contributed by atoms with Gasteiger partial charge in [0.25, 0.3) is 0 Å². The maximum atomic E-state index is 14.0. The van der Waals surface area contributed by atoms with Gasteiger partial charge >= 0.3 is 0 Å². The maximum Gasteiger partial charge on any atom is 0.162 e. The minimum atomic E-state index is -0.675. The molecule has 2 rings (SSSR count). The third-order valence-electron chi connectivity index (χ3n) is 3.88. The van der Waals surface area contributed by atoms with E-state index >= 15 is 0 Å². The topological polar surface area (TPSA) is 0 Å². The van der Waals surface area contributed by atoms with Gasteiger partial charge in [0, 0.05) is 0 Å². The molecule has 0 atom stereocenters. The van der Waals surface area contributed by atoms with Crippen LogP contribution in [0.5, 0.6) is 0 Å². The summed E-state index contributed by atoms with van der Waals surface area (Å²) in [5, 5.41) is 0. The van der Waals surface area contributed by atoms with Crippen LogP contribution in [0.25, 0.3) is 0 Å². The predicted molar refractivity (Wildman–Crippen MR) is 83.6 cm³/mol. The standard InChI is InChI=1S/C19H22F2/c1-3-5-16-12-13-17(19(21)18(16)20)11-10-15-8-6-14(4-2)7-9-15/h6-9,12-13H,3-5,10-11H2,1-2H3. The molecule has 0 aliphatic rings. The van der Waals surface area contributed by atoms with Crippen molar-refractivity contribution in [2.24, 2.45) is 0 Å². The average molecular weight is 288 g/mol. The lowest BCUT2D eigenvalue weighted by atomic mass is 10.00. The molecule has 0 radical (unpaired) electrons. The molecule has 0 saturated carbocycles. The summed E-state index contributed by atoms with van der Waals surface area (Å²) in [5.41, 5.74) is 3.39. The summed E-state index contributed by atoms with van der Waals surface area (Å²) in [6.45, 7) is 4.08. The molecule has 21 heavy (non-hydrogen) atoms. The highest BCUT2D eigenvalue weighted by molar-refractivity contribution is 5.28. The Morgan fingerprint density at radius 2 is 1.19 bits per heavy atom. The average Bonchev–Trinajstić information content (AvgIpc) is 2.52. The number of hydrogen-bond acceptors (Lipinski definition) is 0. The molecule has 0 heterocycles. The van der Waals surface area contributed by atoms with E-state index in [0.29, 0.717) is 24.0 Å². The number of halogens is 2. The van der Waals surface area contributed by atoms with E-state index in [2.05, 4.69) is 31.2 Å². The fourth-order valence-electron chi connectivity index (χ4n) is 2.51. The van der Waals surface area contributed by atoms with E-state index in [1.165, 1.54) is 5.56 Å². The Morgan fingerprint density at radius 3 is 1.71 bits per heavy atom. The predicted octanol–water partition coefficient (Wildman–Crippen LogP) is 5.26. The molecule has 2 aromatic carbocycles. The van der Waals surface area contributed by atoms with Crippen LogP contribution in [0.4, 0.5) is 8.78 Å². The Bertz CT molecular complexity index is 585. The van der Waals surface area contributed by atoms with Gasteiger partial charge < -0.3 is 0 Å². The van der Waals surface area contributed by atoms with Crippen molar-refractivity contribution in [1.82, 2.24) is 0 Å². The smallest absolute Gasteiger partial charge is 0.162 e. The summed E-state index contributed by atoms with van der Waals surface area (Å²) in [6.07, 6.45) is 3.67. The second kappa shape index (κ2) is 7.35. The van der Waals surface area contributed by atoms with Crippen molar-refractivity contribution >= 4 is 0 Å². The number of benzene rings is 2. The van der Waals surface area contributed by atoms with Gasteiger partial charge in [-0.1, -0.05) is 56.7 Å². The first kappa shape index (κ1) is 15.7. The Balaban J connectivity index is 2.07. The minimum Gasteiger partial charge on any atom is -0.203 e. The van der Waals surface area contributed by atoms with Crippen molar-refractivity contribution in [3.05, 3.63) is 70.3 Å². The highest BCUT2D eigenvalue weighted by atomic mass is 19.2. The summed E-state index contributed by atoms with van der Waals surface area (Å²) in [6, 6.07) is 11.8. The molecule has 0 aromatic heterocycles. The Labute approximate surface area is 125 Å². The molecule has 0 bridgehead atoms. The van der Waals surface area contributed by atoms with Gasteiger partial charge in [-0.05, 0) is 47.9 Å². The maximum absolute atomic E-state index is 14.0. The van der Waals surface area contributed by atoms with E-state index in [1.54, 1.807) is 12.1 Å². The zero-order valence-corrected chi connectivity index (χ0v) is 12.8. The Morgan fingerprint density at radius 1 is 0.667 bits per heavy atom. The second-order valence-electron chi connectivity index (χ2n) is 5.43. The van der Waals surface area contributed by atoms with Crippen LogP contribution >= 0.6 is 0 Å². The van der Waals surface area contributed by atoms with Gasteiger partial charge in [-0.15, -0.1) is 0 Å². The highest BCUT2D eigenvalue weighted by Crippen LogP contribution is 2.19. The fraction of sp³-hybridized carbons (Fsp3) is 0.368. The molecule has 0 N–H and O–H groups in total. The summed E-state index contributed by atoms with van der Waals surface area (Å²) in [4.78, 5) is 0. The van der Waals surface area contributed by atoms with E-state index in [0.717, 1.165) is 24.8 Å². The summed E-state index contributed by atoms with van der Waals surface area (Å²) >= 11 is 0. The summed E-state index contributed by atoms with van der Waals surface area (Å²) in [7, 11) is 0. The van der Waals surface area contributed by atoms with Crippen LogP contribution < -0.4 is 0 Å². The van der Waals surface area contributed by atoms with Gasteiger partial charge in [0.1, 0.15) is 0 Å². The second-order valence-corrected chi connectivity index (χ2v) is 5.43. The summed E-state index contributed by atoms with van der Waals surface area (Å²) < 4.78 is 27.9. The summed E-state index contributed by atoms with van der Waals surface area (Å²) in [5.74, 6) is -1.35. The lowest BCUT2D eigenvalue weighted by Gasteiger charge is -2.08.